The molecular formula is C5H11N3O. The maximum atomic E-state index is 9.90. The monoisotopic (exact) mass is 129 g/mol. The Balaban J connectivity index is 2.26. The van der Waals surface area contributed by atoms with Crippen LogP contribution < -0.4 is 5.73 Å². The van der Waals surface area contributed by atoms with Gasteiger partial charge >= 0.3 is 0 Å². The minimum Gasteiger partial charge on any atom is -0.328 e. The van der Waals surface area contributed by atoms with Crippen molar-refractivity contribution in [1.82, 2.24) is 5.01 Å². The predicted molar refractivity (Wildman–Crippen MR) is 34.6 cm³/mol. The van der Waals surface area contributed by atoms with Crippen molar-refractivity contribution >= 4 is 0 Å². The van der Waals surface area contributed by atoms with Crippen LogP contribution in [-0.2, 0) is 0 Å². The molecule has 9 heavy (non-hydrogen) atoms. The lowest BCUT2D eigenvalue weighted by molar-refractivity contribution is 0.219. The molecule has 1 aliphatic heterocycles. The number of nitrogens with zero attached hydrogens (tertiary/aromatic N) is 2. The van der Waals surface area contributed by atoms with E-state index in [1.807, 2.05) is 0 Å². The number of hydrogen-bond acceptors (Lipinski definition) is 3. The quantitative estimate of drug-likeness (QED) is 0.510. The molecule has 1 rings (SSSR count). The van der Waals surface area contributed by atoms with Crippen molar-refractivity contribution < 1.29 is 0 Å². The molecule has 1 saturated heterocycles. The highest BCUT2D eigenvalue weighted by molar-refractivity contribution is 4.71. The number of hydrogen-bond donors (Lipinski definition) is 1. The topological polar surface area (TPSA) is 58.7 Å². The van der Waals surface area contributed by atoms with E-state index in [0.29, 0.717) is 0 Å². The summed E-state index contributed by atoms with van der Waals surface area (Å²) in [7, 11) is 0. The fourth-order valence-electron chi connectivity index (χ4n) is 0.967. The normalized spacial score (nSPS) is 22.1. The van der Waals surface area contributed by atoms with Gasteiger partial charge in [-0.05, 0) is 12.8 Å². The largest absolute Gasteiger partial charge is 0.328 e. The van der Waals surface area contributed by atoms with Crippen molar-refractivity contribution in [1.29, 1.82) is 0 Å². The second-order valence-corrected chi connectivity index (χ2v) is 2.37. The molecule has 0 aliphatic carbocycles. The Kier molecular flexibility index (Phi) is 2.00. The van der Waals surface area contributed by atoms with Gasteiger partial charge in [0.1, 0.15) is 0 Å². The molecule has 0 amide bonds. The minimum absolute atomic E-state index is 0.281. The van der Waals surface area contributed by atoms with Crippen LogP contribution in [0.4, 0.5) is 0 Å². The standard InChI is InChI=1S/C5H11N3O/c6-5-1-3-8(7-9)4-2-5/h5H,1-4,6H2. The van der Waals surface area contributed by atoms with Gasteiger partial charge in [0.2, 0.25) is 0 Å². The molecule has 52 valence electrons. The molecule has 0 radical (unpaired) electrons. The number of nitroso groups, excluding NO2 is 1. The maximum absolute atomic E-state index is 9.90. The lowest BCUT2D eigenvalue weighted by atomic mass is 10.1. The predicted octanol–water partition coefficient (Wildman–Crippen LogP) is 0.0909. The zero-order valence-electron chi connectivity index (χ0n) is 5.29. The van der Waals surface area contributed by atoms with Gasteiger partial charge in [-0.25, -0.2) is 0 Å². The molecule has 0 aromatic carbocycles. The summed E-state index contributed by atoms with van der Waals surface area (Å²) in [5.41, 5.74) is 5.58. The molecule has 1 aliphatic rings. The molecule has 0 saturated carbocycles. The molecule has 4 nitrogen and oxygen atoms in total. The van der Waals surface area contributed by atoms with Gasteiger partial charge in [0, 0.05) is 19.1 Å². The van der Waals surface area contributed by atoms with Crippen molar-refractivity contribution in [3.05, 3.63) is 4.91 Å². The molecule has 0 atom stereocenters. The first kappa shape index (κ1) is 6.48. The summed E-state index contributed by atoms with van der Waals surface area (Å²) >= 11 is 0. The van der Waals surface area contributed by atoms with E-state index in [4.69, 9.17) is 5.73 Å². The third kappa shape index (κ3) is 1.64. The highest BCUT2D eigenvalue weighted by Crippen LogP contribution is 2.06. The van der Waals surface area contributed by atoms with Gasteiger partial charge in [-0.15, -0.1) is 4.91 Å². The van der Waals surface area contributed by atoms with Crippen LogP contribution in [-0.4, -0.2) is 24.1 Å². The van der Waals surface area contributed by atoms with E-state index in [1.54, 1.807) is 0 Å². The SMILES string of the molecule is NC1CCN(N=O)CC1. The van der Waals surface area contributed by atoms with E-state index >= 15 is 0 Å². The Hall–Kier alpha value is -0.640. The maximum Gasteiger partial charge on any atom is 0.0523 e. The van der Waals surface area contributed by atoms with Crippen molar-refractivity contribution in [2.75, 3.05) is 13.1 Å². The van der Waals surface area contributed by atoms with Gasteiger partial charge in [-0.1, -0.05) is 0 Å². The number of rotatable bonds is 1. The van der Waals surface area contributed by atoms with Gasteiger partial charge in [-0.3, -0.25) is 5.01 Å². The van der Waals surface area contributed by atoms with E-state index in [-0.39, 0.29) is 6.04 Å². The summed E-state index contributed by atoms with van der Waals surface area (Å²) in [6.07, 6.45) is 1.79. The van der Waals surface area contributed by atoms with Gasteiger partial charge in [0.05, 0.1) is 5.29 Å². The average molecular weight is 129 g/mol. The lowest BCUT2D eigenvalue weighted by Crippen LogP contribution is -2.36. The zero-order valence-corrected chi connectivity index (χ0v) is 5.29. The molecule has 2 N–H and O–H groups in total. The highest BCUT2D eigenvalue weighted by Gasteiger charge is 2.14. The first-order valence-electron chi connectivity index (χ1n) is 3.16. The molecule has 0 unspecified atom stereocenters. The molecule has 1 heterocycles. The van der Waals surface area contributed by atoms with Crippen LogP contribution in [0.3, 0.4) is 0 Å². The summed E-state index contributed by atoms with van der Waals surface area (Å²) in [5, 5.41) is 4.33. The van der Waals surface area contributed by atoms with E-state index in [1.165, 1.54) is 5.01 Å². The Morgan fingerprint density at radius 1 is 1.44 bits per heavy atom. The third-order valence-corrected chi connectivity index (χ3v) is 1.63. The molecule has 1 fully saturated rings. The first-order chi connectivity index (χ1) is 4.33. The molecule has 0 aromatic rings. The van der Waals surface area contributed by atoms with Gasteiger partial charge < -0.3 is 5.73 Å². The summed E-state index contributed by atoms with van der Waals surface area (Å²) in [6, 6.07) is 0.281. The van der Waals surface area contributed by atoms with Crippen molar-refractivity contribution in [3.8, 4) is 0 Å². The van der Waals surface area contributed by atoms with Gasteiger partial charge in [0.25, 0.3) is 0 Å². The van der Waals surface area contributed by atoms with E-state index < -0.39 is 0 Å². The van der Waals surface area contributed by atoms with Crippen LogP contribution in [0.2, 0.25) is 0 Å². The van der Waals surface area contributed by atoms with Gasteiger partial charge in [-0.2, -0.15) is 0 Å². The average Bonchev–Trinajstić information content (AvgIpc) is 1.90. The smallest absolute Gasteiger partial charge is 0.0523 e. The highest BCUT2D eigenvalue weighted by atomic mass is 16.3. The molecule has 0 bridgehead atoms. The molecule has 4 heteroatoms. The van der Waals surface area contributed by atoms with Gasteiger partial charge in [0.15, 0.2) is 0 Å². The van der Waals surface area contributed by atoms with Crippen LogP contribution in [0.5, 0.6) is 0 Å². The second kappa shape index (κ2) is 2.77. The Morgan fingerprint density at radius 2 is 2.00 bits per heavy atom. The number of piperidine rings is 1. The Bertz CT molecular complexity index is 98.4. The van der Waals surface area contributed by atoms with E-state index in [0.717, 1.165) is 25.9 Å². The van der Waals surface area contributed by atoms with Crippen LogP contribution in [0, 0.1) is 4.91 Å². The van der Waals surface area contributed by atoms with E-state index in [9.17, 15) is 4.91 Å². The molecular weight excluding hydrogens is 118 g/mol. The number of nitrogens with two attached hydrogens (primary N) is 1. The first-order valence-corrected chi connectivity index (χ1v) is 3.16. The minimum atomic E-state index is 0.281. The summed E-state index contributed by atoms with van der Waals surface area (Å²) in [4.78, 5) is 9.90. The summed E-state index contributed by atoms with van der Waals surface area (Å²) < 4.78 is 0. The van der Waals surface area contributed by atoms with Crippen molar-refractivity contribution in [2.24, 2.45) is 11.0 Å². The fraction of sp³-hybridized carbons (Fsp3) is 1.00. The van der Waals surface area contributed by atoms with Crippen LogP contribution in [0.15, 0.2) is 5.29 Å². The van der Waals surface area contributed by atoms with E-state index in [2.05, 4.69) is 5.29 Å². The van der Waals surface area contributed by atoms with Crippen LogP contribution in [0.25, 0.3) is 0 Å². The van der Waals surface area contributed by atoms with Crippen molar-refractivity contribution in [2.45, 2.75) is 18.9 Å². The Morgan fingerprint density at radius 3 is 2.44 bits per heavy atom. The fourth-order valence-corrected chi connectivity index (χ4v) is 0.967. The molecule has 0 aromatic heterocycles. The van der Waals surface area contributed by atoms with Crippen molar-refractivity contribution in [3.63, 3.8) is 0 Å². The van der Waals surface area contributed by atoms with Crippen LogP contribution >= 0.6 is 0 Å². The summed E-state index contributed by atoms with van der Waals surface area (Å²) in [5.74, 6) is 0. The third-order valence-electron chi connectivity index (χ3n) is 1.63. The molecule has 0 spiro atoms. The lowest BCUT2D eigenvalue weighted by Gasteiger charge is -2.24. The Labute approximate surface area is 54.0 Å². The van der Waals surface area contributed by atoms with Crippen LogP contribution in [0.1, 0.15) is 12.8 Å². The summed E-state index contributed by atoms with van der Waals surface area (Å²) in [6.45, 7) is 1.45. The second-order valence-electron chi connectivity index (χ2n) is 2.37. The zero-order chi connectivity index (χ0) is 6.69.